The molecule has 0 aliphatic carbocycles. The molecule has 0 aromatic heterocycles. The molecule has 3 rings (SSSR count). The number of phenols is 2. The Bertz CT molecular complexity index is 952. The average molecular weight is 457 g/mol. The largest absolute Gasteiger partial charge is 0.508 e. The van der Waals surface area contributed by atoms with Crippen LogP contribution in [0.25, 0.3) is 0 Å². The minimum absolute atomic E-state index is 0.176. The Balaban J connectivity index is 0.000000377. The minimum atomic E-state index is -0.935. The third-order valence-corrected chi connectivity index (χ3v) is 4.97. The quantitative estimate of drug-likeness (QED) is 0.368. The molecule has 2 aromatic rings. The molecule has 7 heteroatoms. The summed E-state index contributed by atoms with van der Waals surface area (Å²) in [5, 5.41) is 35.2. The van der Waals surface area contributed by atoms with Gasteiger partial charge in [-0.05, 0) is 48.7 Å². The van der Waals surface area contributed by atoms with Crippen molar-refractivity contribution in [2.45, 2.75) is 45.6 Å². The lowest BCUT2D eigenvalue weighted by Crippen LogP contribution is -2.19. The van der Waals surface area contributed by atoms with E-state index in [1.807, 2.05) is 18.2 Å². The van der Waals surface area contributed by atoms with Crippen LogP contribution in [-0.4, -0.2) is 45.1 Å². The van der Waals surface area contributed by atoms with Crippen molar-refractivity contribution < 1.29 is 34.8 Å². The summed E-state index contributed by atoms with van der Waals surface area (Å²) in [6.45, 7) is 14.3. The van der Waals surface area contributed by atoms with E-state index in [2.05, 4.69) is 33.1 Å². The maximum Gasteiger partial charge on any atom is 0.330 e. The van der Waals surface area contributed by atoms with E-state index in [4.69, 9.17) is 14.9 Å². The molecule has 0 bridgehead atoms. The van der Waals surface area contributed by atoms with Crippen LogP contribution >= 0.6 is 0 Å². The van der Waals surface area contributed by atoms with Crippen LogP contribution in [0.15, 0.2) is 66.8 Å². The Kier molecular flexibility index (Phi) is 9.88. The van der Waals surface area contributed by atoms with Crippen molar-refractivity contribution in [2.75, 3.05) is 6.61 Å². The molecular weight excluding hydrogens is 424 g/mol. The highest BCUT2D eigenvalue weighted by molar-refractivity contribution is 5.85. The van der Waals surface area contributed by atoms with Gasteiger partial charge in [-0.2, -0.15) is 0 Å². The van der Waals surface area contributed by atoms with Crippen molar-refractivity contribution in [1.82, 2.24) is 0 Å². The average Bonchev–Trinajstić information content (AvgIpc) is 3.54. The molecule has 0 saturated carbocycles. The van der Waals surface area contributed by atoms with Crippen LogP contribution in [0, 0.1) is 0 Å². The molecule has 1 unspecified atom stereocenters. The number of benzene rings is 2. The zero-order valence-corrected chi connectivity index (χ0v) is 19.5. The van der Waals surface area contributed by atoms with E-state index in [1.165, 1.54) is 13.8 Å². The van der Waals surface area contributed by atoms with Crippen LogP contribution in [0.3, 0.4) is 0 Å². The SMILES string of the molecule is C=C(C)C(=O)O.C=C(C)C(=O)O.CC(C)(c1ccc(O)cc1)c1ccc(O)c(CC2CO2)c1. The number of carboxylic acid groups (broad SMARTS) is 2. The Morgan fingerprint density at radius 1 is 0.939 bits per heavy atom. The van der Waals surface area contributed by atoms with Gasteiger partial charge >= 0.3 is 11.9 Å². The number of hydrogen-bond acceptors (Lipinski definition) is 5. The Morgan fingerprint density at radius 2 is 1.36 bits per heavy atom. The molecular formula is C26H32O7. The van der Waals surface area contributed by atoms with Crippen LogP contribution in [0.5, 0.6) is 11.5 Å². The Labute approximate surface area is 194 Å². The highest BCUT2D eigenvalue weighted by Crippen LogP contribution is 2.35. The molecule has 1 aliphatic rings. The van der Waals surface area contributed by atoms with Crippen LogP contribution in [0.1, 0.15) is 44.4 Å². The maximum absolute atomic E-state index is 10.00. The molecule has 0 amide bonds. The molecule has 1 fully saturated rings. The fourth-order valence-corrected chi connectivity index (χ4v) is 2.61. The van der Waals surface area contributed by atoms with Crippen LogP contribution in [0.2, 0.25) is 0 Å². The zero-order valence-electron chi connectivity index (χ0n) is 19.5. The number of epoxide rings is 1. The van der Waals surface area contributed by atoms with Gasteiger partial charge in [-0.25, -0.2) is 9.59 Å². The monoisotopic (exact) mass is 456 g/mol. The lowest BCUT2D eigenvalue weighted by molar-refractivity contribution is -0.133. The first kappa shape index (κ1) is 27.5. The van der Waals surface area contributed by atoms with Gasteiger partial charge in [0.05, 0.1) is 12.7 Å². The van der Waals surface area contributed by atoms with Crippen molar-refractivity contribution in [3.8, 4) is 11.5 Å². The van der Waals surface area contributed by atoms with E-state index in [-0.39, 0.29) is 28.4 Å². The van der Waals surface area contributed by atoms with Crippen LogP contribution < -0.4 is 0 Å². The summed E-state index contributed by atoms with van der Waals surface area (Å²) in [5.41, 5.74) is 3.36. The van der Waals surface area contributed by atoms with E-state index in [9.17, 15) is 19.8 Å². The fourth-order valence-electron chi connectivity index (χ4n) is 2.61. The highest BCUT2D eigenvalue weighted by Gasteiger charge is 2.27. The summed E-state index contributed by atoms with van der Waals surface area (Å²) < 4.78 is 5.25. The molecule has 1 atom stereocenters. The van der Waals surface area contributed by atoms with Crippen molar-refractivity contribution in [2.24, 2.45) is 0 Å². The van der Waals surface area contributed by atoms with Gasteiger partial charge in [0.1, 0.15) is 11.5 Å². The second-order valence-corrected chi connectivity index (χ2v) is 8.35. The van der Waals surface area contributed by atoms with Crippen molar-refractivity contribution in [3.05, 3.63) is 83.5 Å². The molecule has 7 nitrogen and oxygen atoms in total. The van der Waals surface area contributed by atoms with Gasteiger partial charge < -0.3 is 25.2 Å². The van der Waals surface area contributed by atoms with Crippen LogP contribution in [0.4, 0.5) is 0 Å². The Morgan fingerprint density at radius 3 is 1.76 bits per heavy atom. The number of carbonyl (C=O) groups is 2. The van der Waals surface area contributed by atoms with E-state index >= 15 is 0 Å². The van der Waals surface area contributed by atoms with E-state index in [1.54, 1.807) is 18.2 Å². The predicted molar refractivity (Wildman–Crippen MR) is 127 cm³/mol. The summed E-state index contributed by atoms with van der Waals surface area (Å²) in [5.74, 6) is -1.27. The van der Waals surface area contributed by atoms with E-state index < -0.39 is 11.9 Å². The molecule has 33 heavy (non-hydrogen) atoms. The zero-order chi connectivity index (χ0) is 25.3. The molecule has 1 heterocycles. The number of aromatic hydroxyl groups is 2. The second-order valence-electron chi connectivity index (χ2n) is 8.35. The Hall–Kier alpha value is -3.58. The minimum Gasteiger partial charge on any atom is -0.508 e. The first-order chi connectivity index (χ1) is 15.2. The molecule has 0 spiro atoms. The van der Waals surface area contributed by atoms with Gasteiger partial charge in [-0.3, -0.25) is 0 Å². The van der Waals surface area contributed by atoms with Crippen LogP contribution in [-0.2, 0) is 26.2 Å². The number of ether oxygens (including phenoxy) is 1. The molecule has 1 saturated heterocycles. The van der Waals surface area contributed by atoms with Crippen molar-refractivity contribution in [1.29, 1.82) is 0 Å². The molecule has 4 N–H and O–H groups in total. The van der Waals surface area contributed by atoms with Gasteiger partial charge in [0, 0.05) is 23.0 Å². The van der Waals surface area contributed by atoms with Crippen molar-refractivity contribution in [3.63, 3.8) is 0 Å². The number of phenolic OH excluding ortho intramolecular Hbond substituents is 2. The van der Waals surface area contributed by atoms with Gasteiger partial charge in [-0.1, -0.05) is 51.3 Å². The van der Waals surface area contributed by atoms with Gasteiger partial charge in [0.15, 0.2) is 0 Å². The fraction of sp³-hybridized carbons (Fsp3) is 0.308. The molecule has 1 aliphatic heterocycles. The lowest BCUT2D eigenvalue weighted by atomic mass is 9.77. The topological polar surface area (TPSA) is 128 Å². The molecule has 0 radical (unpaired) electrons. The predicted octanol–water partition coefficient (Wildman–Crippen LogP) is 4.66. The molecule has 178 valence electrons. The van der Waals surface area contributed by atoms with E-state index in [0.717, 1.165) is 29.7 Å². The van der Waals surface area contributed by atoms with Crippen molar-refractivity contribution >= 4 is 11.9 Å². The standard InChI is InChI=1S/C18H20O3.2C4H6O2/c1-18(2,13-3-6-15(19)7-4-13)14-5-8-17(20)12(9-14)10-16-11-21-16;2*1-3(2)4(5)6/h3-9,16,19-20H,10-11H2,1-2H3;2*1H2,2H3,(H,5,6). The number of aliphatic carboxylic acids is 2. The first-order valence-corrected chi connectivity index (χ1v) is 10.3. The summed E-state index contributed by atoms with van der Waals surface area (Å²) in [6.07, 6.45) is 1.01. The number of rotatable bonds is 6. The number of carboxylic acids is 2. The maximum atomic E-state index is 10.00. The summed E-state index contributed by atoms with van der Waals surface area (Å²) in [4.78, 5) is 19.2. The number of hydrogen-bond donors (Lipinski definition) is 4. The third kappa shape index (κ3) is 9.21. The molecule has 2 aromatic carbocycles. The van der Waals surface area contributed by atoms with E-state index in [0.29, 0.717) is 5.75 Å². The lowest BCUT2D eigenvalue weighted by Gasteiger charge is -2.27. The van der Waals surface area contributed by atoms with Gasteiger partial charge in [-0.15, -0.1) is 0 Å². The normalized spacial score (nSPS) is 14.0. The third-order valence-electron chi connectivity index (χ3n) is 4.97. The van der Waals surface area contributed by atoms with Gasteiger partial charge in [0.2, 0.25) is 0 Å². The van der Waals surface area contributed by atoms with Gasteiger partial charge in [0.25, 0.3) is 0 Å². The second kappa shape index (κ2) is 11.9. The summed E-state index contributed by atoms with van der Waals surface area (Å²) in [7, 11) is 0. The summed E-state index contributed by atoms with van der Waals surface area (Å²) >= 11 is 0. The smallest absolute Gasteiger partial charge is 0.330 e. The highest BCUT2D eigenvalue weighted by atomic mass is 16.6. The first-order valence-electron chi connectivity index (χ1n) is 10.3. The summed E-state index contributed by atoms with van der Waals surface area (Å²) in [6, 6.07) is 13.1.